The molecule has 0 saturated carbocycles. The molecular weight excluding hydrogens is 172 g/mol. The molecule has 0 aromatic carbocycles. The van der Waals surface area contributed by atoms with Crippen molar-refractivity contribution in [1.82, 2.24) is 4.98 Å². The van der Waals surface area contributed by atoms with Gasteiger partial charge in [-0.25, -0.2) is 9.78 Å². The molecule has 0 aliphatic carbocycles. The van der Waals surface area contributed by atoms with Crippen LogP contribution in [-0.4, -0.2) is 24.5 Å². The van der Waals surface area contributed by atoms with Gasteiger partial charge in [0.15, 0.2) is 0 Å². The highest BCUT2D eigenvalue weighted by Gasteiger charge is 2.10. The molecule has 0 radical (unpaired) electrons. The summed E-state index contributed by atoms with van der Waals surface area (Å²) in [5, 5.41) is 2.30. The van der Waals surface area contributed by atoms with E-state index in [4.69, 9.17) is 0 Å². The van der Waals surface area contributed by atoms with E-state index in [1.165, 1.54) is 19.4 Å². The van der Waals surface area contributed by atoms with Gasteiger partial charge in [0.25, 0.3) is 0 Å². The lowest BCUT2D eigenvalue weighted by molar-refractivity contribution is -0.105. The van der Waals surface area contributed by atoms with Gasteiger partial charge in [0.2, 0.25) is 6.41 Å². The smallest absolute Gasteiger partial charge is 0.341 e. The molecule has 0 aliphatic heterocycles. The first-order valence-electron chi connectivity index (χ1n) is 3.53. The maximum absolute atomic E-state index is 11.1. The Morgan fingerprint density at radius 3 is 3.08 bits per heavy atom. The van der Waals surface area contributed by atoms with Gasteiger partial charge in [-0.15, -0.1) is 0 Å². The van der Waals surface area contributed by atoms with Crippen LogP contribution in [0.3, 0.4) is 0 Å². The van der Waals surface area contributed by atoms with E-state index in [2.05, 4.69) is 15.0 Å². The molecule has 1 N–H and O–H groups in total. The van der Waals surface area contributed by atoms with Crippen LogP contribution in [0.1, 0.15) is 10.4 Å². The molecule has 0 fully saturated rings. The lowest BCUT2D eigenvalue weighted by Gasteiger charge is -2.03. The zero-order valence-corrected chi connectivity index (χ0v) is 6.98. The fourth-order valence-electron chi connectivity index (χ4n) is 0.851. The molecule has 0 spiro atoms. The minimum atomic E-state index is -0.530. The van der Waals surface area contributed by atoms with Crippen molar-refractivity contribution in [3.8, 4) is 0 Å². The molecule has 5 nitrogen and oxygen atoms in total. The minimum absolute atomic E-state index is 0.198. The predicted octanol–water partition coefficient (Wildman–Crippen LogP) is 0.436. The van der Waals surface area contributed by atoms with Crippen LogP contribution in [0.4, 0.5) is 5.82 Å². The van der Waals surface area contributed by atoms with Crippen molar-refractivity contribution in [3.05, 3.63) is 23.9 Å². The van der Waals surface area contributed by atoms with Crippen LogP contribution < -0.4 is 5.32 Å². The second-order valence-corrected chi connectivity index (χ2v) is 2.15. The number of hydrogen-bond acceptors (Lipinski definition) is 4. The number of amides is 1. The number of ether oxygens (including phenoxy) is 1. The van der Waals surface area contributed by atoms with Crippen molar-refractivity contribution in [2.24, 2.45) is 0 Å². The van der Waals surface area contributed by atoms with E-state index in [9.17, 15) is 9.59 Å². The van der Waals surface area contributed by atoms with Gasteiger partial charge in [-0.1, -0.05) is 0 Å². The topological polar surface area (TPSA) is 68.3 Å². The maximum Gasteiger partial charge on any atom is 0.341 e. The molecule has 1 aromatic heterocycles. The zero-order valence-electron chi connectivity index (χ0n) is 6.98. The third-order valence-corrected chi connectivity index (χ3v) is 1.41. The Bertz CT molecular complexity index is 325. The average Bonchev–Trinajstić information content (AvgIpc) is 2.18. The molecule has 0 saturated heterocycles. The summed E-state index contributed by atoms with van der Waals surface area (Å²) in [6.07, 6.45) is 1.92. The molecular formula is C8H8N2O3. The fourth-order valence-corrected chi connectivity index (χ4v) is 0.851. The van der Waals surface area contributed by atoms with Crippen LogP contribution in [-0.2, 0) is 9.53 Å². The average molecular weight is 180 g/mol. The lowest BCUT2D eigenvalue weighted by Crippen LogP contribution is -2.08. The van der Waals surface area contributed by atoms with E-state index in [1.807, 2.05) is 0 Å². The normalized spacial score (nSPS) is 9.00. The summed E-state index contributed by atoms with van der Waals surface area (Å²) >= 11 is 0. The van der Waals surface area contributed by atoms with E-state index in [0.717, 1.165) is 0 Å². The second kappa shape index (κ2) is 4.20. The quantitative estimate of drug-likeness (QED) is 0.541. The van der Waals surface area contributed by atoms with Crippen molar-refractivity contribution in [2.45, 2.75) is 0 Å². The largest absolute Gasteiger partial charge is 0.465 e. The Morgan fingerprint density at radius 2 is 2.46 bits per heavy atom. The van der Waals surface area contributed by atoms with Gasteiger partial charge in [-0.3, -0.25) is 4.79 Å². The number of rotatable bonds is 3. The summed E-state index contributed by atoms with van der Waals surface area (Å²) in [7, 11) is 1.26. The number of methoxy groups -OCH3 is 1. The van der Waals surface area contributed by atoms with Crippen molar-refractivity contribution < 1.29 is 14.3 Å². The fraction of sp³-hybridized carbons (Fsp3) is 0.125. The Morgan fingerprint density at radius 1 is 1.69 bits per heavy atom. The third-order valence-electron chi connectivity index (χ3n) is 1.41. The van der Waals surface area contributed by atoms with Crippen molar-refractivity contribution in [3.63, 3.8) is 0 Å². The highest BCUT2D eigenvalue weighted by atomic mass is 16.5. The van der Waals surface area contributed by atoms with Crippen molar-refractivity contribution in [2.75, 3.05) is 12.4 Å². The number of hydrogen-bond donors (Lipinski definition) is 1. The Labute approximate surface area is 74.7 Å². The second-order valence-electron chi connectivity index (χ2n) is 2.15. The number of nitrogens with one attached hydrogen (secondary N) is 1. The highest BCUT2D eigenvalue weighted by Crippen LogP contribution is 2.10. The third kappa shape index (κ3) is 2.02. The standard InChI is InChI=1S/C8H8N2O3/c1-13-8(12)6-3-2-4-9-7(6)10-5-11/h2-5H,1H3,(H,9,10,11). The number of anilines is 1. The van der Waals surface area contributed by atoms with E-state index >= 15 is 0 Å². The van der Waals surface area contributed by atoms with E-state index in [-0.39, 0.29) is 11.4 Å². The number of aromatic nitrogens is 1. The van der Waals surface area contributed by atoms with Gasteiger partial charge < -0.3 is 10.1 Å². The van der Waals surface area contributed by atoms with E-state index in [1.54, 1.807) is 6.07 Å². The van der Waals surface area contributed by atoms with Crippen LogP contribution in [0.2, 0.25) is 0 Å². The molecule has 0 aliphatic rings. The first-order chi connectivity index (χ1) is 6.29. The Kier molecular flexibility index (Phi) is 2.97. The van der Waals surface area contributed by atoms with Crippen molar-refractivity contribution >= 4 is 18.2 Å². The molecule has 68 valence electrons. The molecule has 1 rings (SSSR count). The van der Waals surface area contributed by atoms with Gasteiger partial charge in [0.05, 0.1) is 7.11 Å². The van der Waals surface area contributed by atoms with Gasteiger partial charge in [-0.2, -0.15) is 0 Å². The maximum atomic E-state index is 11.1. The molecule has 1 heterocycles. The number of pyridine rings is 1. The first kappa shape index (κ1) is 9.18. The van der Waals surface area contributed by atoms with Gasteiger partial charge in [-0.05, 0) is 12.1 Å². The summed E-state index contributed by atoms with van der Waals surface area (Å²) < 4.78 is 4.49. The molecule has 0 atom stereocenters. The molecule has 1 aromatic rings. The van der Waals surface area contributed by atoms with Crippen LogP contribution in [0, 0.1) is 0 Å². The van der Waals surface area contributed by atoms with Gasteiger partial charge in [0.1, 0.15) is 11.4 Å². The van der Waals surface area contributed by atoms with E-state index in [0.29, 0.717) is 6.41 Å². The van der Waals surface area contributed by atoms with Gasteiger partial charge in [0, 0.05) is 6.20 Å². The number of esters is 1. The van der Waals surface area contributed by atoms with Crippen LogP contribution >= 0.6 is 0 Å². The minimum Gasteiger partial charge on any atom is -0.465 e. The molecule has 0 bridgehead atoms. The number of carbonyl (C=O) groups excluding carboxylic acids is 2. The molecule has 0 unspecified atom stereocenters. The predicted molar refractivity (Wildman–Crippen MR) is 45.3 cm³/mol. The number of nitrogens with zero attached hydrogens (tertiary/aromatic N) is 1. The summed E-state index contributed by atoms with van der Waals surface area (Å²) in [5.74, 6) is -0.332. The molecule has 13 heavy (non-hydrogen) atoms. The molecule has 5 heteroatoms. The summed E-state index contributed by atoms with van der Waals surface area (Å²) in [6.45, 7) is 0. The Hall–Kier alpha value is -1.91. The summed E-state index contributed by atoms with van der Waals surface area (Å²) in [4.78, 5) is 25.0. The monoisotopic (exact) mass is 180 g/mol. The first-order valence-corrected chi connectivity index (χ1v) is 3.53. The Balaban J connectivity index is 3.03. The van der Waals surface area contributed by atoms with E-state index < -0.39 is 5.97 Å². The van der Waals surface area contributed by atoms with Crippen molar-refractivity contribution in [1.29, 1.82) is 0 Å². The SMILES string of the molecule is COC(=O)c1cccnc1NC=O. The van der Waals surface area contributed by atoms with Gasteiger partial charge >= 0.3 is 5.97 Å². The lowest BCUT2D eigenvalue weighted by atomic mass is 10.2. The van der Waals surface area contributed by atoms with Crippen LogP contribution in [0.5, 0.6) is 0 Å². The zero-order chi connectivity index (χ0) is 9.68. The number of carbonyl (C=O) groups is 2. The van der Waals surface area contributed by atoms with Crippen LogP contribution in [0.15, 0.2) is 18.3 Å². The highest BCUT2D eigenvalue weighted by molar-refractivity contribution is 5.96. The summed E-state index contributed by atoms with van der Waals surface area (Å²) in [6, 6.07) is 3.10. The summed E-state index contributed by atoms with van der Waals surface area (Å²) in [5.41, 5.74) is 0.233. The molecule has 1 amide bonds. The van der Waals surface area contributed by atoms with Crippen LogP contribution in [0.25, 0.3) is 0 Å².